The number of rotatable bonds is 6. The van der Waals surface area contributed by atoms with Crippen LogP contribution in [0.15, 0.2) is 0 Å². The molecule has 0 radical (unpaired) electrons. The molecule has 0 aromatic carbocycles. The molecule has 0 aromatic rings. The van der Waals surface area contributed by atoms with Gasteiger partial charge in [-0.05, 0) is 12.8 Å². The summed E-state index contributed by atoms with van der Waals surface area (Å²) in [5.41, 5.74) is 0.127. The predicted octanol–water partition coefficient (Wildman–Crippen LogP) is 2.15. The molecule has 0 amide bonds. The van der Waals surface area contributed by atoms with Crippen molar-refractivity contribution in [3.8, 4) is 0 Å². The van der Waals surface area contributed by atoms with Crippen LogP contribution in [0, 0.1) is 5.41 Å². The Morgan fingerprint density at radius 2 is 2.14 bits per heavy atom. The molecule has 1 fully saturated rings. The van der Waals surface area contributed by atoms with Gasteiger partial charge in [-0.15, -0.1) is 0 Å². The first kappa shape index (κ1) is 11.5. The highest BCUT2D eigenvalue weighted by Crippen LogP contribution is 2.31. The average molecular weight is 200 g/mol. The van der Waals surface area contributed by atoms with Crippen LogP contribution in [-0.4, -0.2) is 25.8 Å². The lowest BCUT2D eigenvalue weighted by molar-refractivity contribution is -0.170. The van der Waals surface area contributed by atoms with E-state index in [0.29, 0.717) is 13.0 Å². The Bertz CT molecular complexity index is 179. The third kappa shape index (κ3) is 2.98. The quantitative estimate of drug-likeness (QED) is 0.616. The number of esters is 1. The Hall–Kier alpha value is -0.570. The molecule has 1 saturated heterocycles. The smallest absolute Gasteiger partial charge is 0.305 e. The summed E-state index contributed by atoms with van der Waals surface area (Å²) in [7, 11) is 0. The highest BCUT2D eigenvalue weighted by atomic mass is 16.5. The largest absolute Gasteiger partial charge is 0.465 e. The van der Waals surface area contributed by atoms with Gasteiger partial charge < -0.3 is 9.47 Å². The van der Waals surface area contributed by atoms with Crippen LogP contribution in [0.1, 0.15) is 39.5 Å². The molecule has 82 valence electrons. The van der Waals surface area contributed by atoms with Gasteiger partial charge in [0, 0.05) is 6.42 Å². The second-order valence-electron chi connectivity index (χ2n) is 4.11. The lowest BCUT2D eigenvalue weighted by Gasteiger charge is -2.39. The van der Waals surface area contributed by atoms with Crippen LogP contribution in [0.5, 0.6) is 0 Å². The summed E-state index contributed by atoms with van der Waals surface area (Å²) >= 11 is 0. The van der Waals surface area contributed by atoms with Crippen LogP contribution >= 0.6 is 0 Å². The fourth-order valence-corrected chi connectivity index (χ4v) is 1.41. The highest BCUT2D eigenvalue weighted by Gasteiger charge is 2.38. The van der Waals surface area contributed by atoms with Gasteiger partial charge in [-0.2, -0.15) is 0 Å². The second-order valence-corrected chi connectivity index (χ2v) is 4.11. The topological polar surface area (TPSA) is 35.5 Å². The SMILES string of the molecule is CCCCC(=O)OCC1(CC)COC1. The fraction of sp³-hybridized carbons (Fsp3) is 0.909. The minimum atomic E-state index is -0.0634. The molecule has 0 spiro atoms. The van der Waals surface area contributed by atoms with Crippen molar-refractivity contribution in [1.29, 1.82) is 0 Å². The summed E-state index contributed by atoms with van der Waals surface area (Å²) in [5, 5.41) is 0. The Kier molecular flexibility index (Phi) is 4.39. The highest BCUT2D eigenvalue weighted by molar-refractivity contribution is 5.69. The first-order valence-electron chi connectivity index (χ1n) is 5.46. The van der Waals surface area contributed by atoms with Crippen molar-refractivity contribution in [3.05, 3.63) is 0 Å². The maximum atomic E-state index is 11.2. The van der Waals surface area contributed by atoms with Crippen molar-refractivity contribution in [1.82, 2.24) is 0 Å². The van der Waals surface area contributed by atoms with Crippen molar-refractivity contribution in [2.24, 2.45) is 5.41 Å². The summed E-state index contributed by atoms with van der Waals surface area (Å²) in [6, 6.07) is 0. The molecule has 1 rings (SSSR count). The van der Waals surface area contributed by atoms with Crippen molar-refractivity contribution < 1.29 is 14.3 Å². The third-order valence-electron chi connectivity index (χ3n) is 2.84. The van der Waals surface area contributed by atoms with Gasteiger partial charge in [-0.3, -0.25) is 4.79 Å². The minimum Gasteiger partial charge on any atom is -0.465 e. The normalized spacial score (nSPS) is 18.7. The molecule has 3 heteroatoms. The van der Waals surface area contributed by atoms with Gasteiger partial charge in [0.25, 0.3) is 0 Å². The third-order valence-corrected chi connectivity index (χ3v) is 2.84. The Balaban J connectivity index is 2.15. The van der Waals surface area contributed by atoms with E-state index >= 15 is 0 Å². The zero-order valence-electron chi connectivity index (χ0n) is 9.17. The van der Waals surface area contributed by atoms with Gasteiger partial charge in [0.1, 0.15) is 6.61 Å². The monoisotopic (exact) mass is 200 g/mol. The molecule has 0 N–H and O–H groups in total. The van der Waals surface area contributed by atoms with Crippen LogP contribution in [0.25, 0.3) is 0 Å². The van der Waals surface area contributed by atoms with E-state index in [1.807, 2.05) is 0 Å². The van der Waals surface area contributed by atoms with Crippen LogP contribution in [-0.2, 0) is 14.3 Å². The number of carbonyl (C=O) groups excluding carboxylic acids is 1. The predicted molar refractivity (Wildman–Crippen MR) is 54.0 cm³/mol. The maximum absolute atomic E-state index is 11.2. The maximum Gasteiger partial charge on any atom is 0.305 e. The molecular weight excluding hydrogens is 180 g/mol. The first-order chi connectivity index (χ1) is 6.72. The zero-order valence-corrected chi connectivity index (χ0v) is 9.17. The number of carbonyl (C=O) groups is 1. The molecule has 1 aliphatic rings. The number of unbranched alkanes of at least 4 members (excludes halogenated alkanes) is 1. The lowest BCUT2D eigenvalue weighted by Crippen LogP contribution is -2.46. The Morgan fingerprint density at radius 3 is 2.57 bits per heavy atom. The van der Waals surface area contributed by atoms with Crippen LogP contribution < -0.4 is 0 Å². The van der Waals surface area contributed by atoms with Gasteiger partial charge in [0.15, 0.2) is 0 Å². The molecule has 14 heavy (non-hydrogen) atoms. The number of ether oxygens (including phenoxy) is 2. The molecule has 0 aliphatic carbocycles. The standard InChI is InChI=1S/C11H20O3/c1-3-5-6-10(12)14-9-11(4-2)7-13-8-11/h3-9H2,1-2H3. The van der Waals surface area contributed by atoms with Crippen molar-refractivity contribution in [3.63, 3.8) is 0 Å². The van der Waals surface area contributed by atoms with E-state index in [2.05, 4.69) is 13.8 Å². The van der Waals surface area contributed by atoms with Crippen molar-refractivity contribution in [2.75, 3.05) is 19.8 Å². The molecular formula is C11H20O3. The van der Waals surface area contributed by atoms with Crippen molar-refractivity contribution >= 4 is 5.97 Å². The molecule has 0 atom stereocenters. The Labute approximate surface area is 85.8 Å². The zero-order chi connectivity index (χ0) is 10.4. The van der Waals surface area contributed by atoms with Gasteiger partial charge in [0.05, 0.1) is 18.6 Å². The summed E-state index contributed by atoms with van der Waals surface area (Å²) in [6.07, 6.45) is 3.54. The summed E-state index contributed by atoms with van der Waals surface area (Å²) in [4.78, 5) is 11.2. The number of hydrogen-bond donors (Lipinski definition) is 0. The van der Waals surface area contributed by atoms with Crippen LogP contribution in [0.3, 0.4) is 0 Å². The van der Waals surface area contributed by atoms with E-state index in [1.54, 1.807) is 0 Å². The molecule has 1 aliphatic heterocycles. The van der Waals surface area contributed by atoms with Gasteiger partial charge in [-0.25, -0.2) is 0 Å². The van der Waals surface area contributed by atoms with E-state index in [4.69, 9.17) is 9.47 Å². The van der Waals surface area contributed by atoms with Gasteiger partial charge >= 0.3 is 5.97 Å². The van der Waals surface area contributed by atoms with Crippen molar-refractivity contribution in [2.45, 2.75) is 39.5 Å². The van der Waals surface area contributed by atoms with Gasteiger partial charge in [-0.1, -0.05) is 20.3 Å². The molecule has 0 unspecified atom stereocenters. The average Bonchev–Trinajstić information content (AvgIpc) is 2.14. The van der Waals surface area contributed by atoms with E-state index in [9.17, 15) is 4.79 Å². The first-order valence-corrected chi connectivity index (χ1v) is 5.46. The molecule has 1 heterocycles. The summed E-state index contributed by atoms with van der Waals surface area (Å²) < 4.78 is 10.4. The van der Waals surface area contributed by atoms with E-state index < -0.39 is 0 Å². The lowest BCUT2D eigenvalue weighted by atomic mass is 9.84. The van der Waals surface area contributed by atoms with E-state index in [-0.39, 0.29) is 11.4 Å². The summed E-state index contributed by atoms with van der Waals surface area (Å²) in [6.45, 7) is 6.20. The number of hydrogen-bond acceptors (Lipinski definition) is 3. The summed E-state index contributed by atoms with van der Waals surface area (Å²) in [5.74, 6) is -0.0634. The molecule has 3 nitrogen and oxygen atoms in total. The van der Waals surface area contributed by atoms with Gasteiger partial charge in [0.2, 0.25) is 0 Å². The van der Waals surface area contributed by atoms with E-state index in [0.717, 1.165) is 32.5 Å². The second kappa shape index (κ2) is 5.35. The molecule has 0 bridgehead atoms. The Morgan fingerprint density at radius 1 is 1.43 bits per heavy atom. The van der Waals surface area contributed by atoms with Crippen LogP contribution in [0.2, 0.25) is 0 Å². The minimum absolute atomic E-state index is 0.0634. The fourth-order valence-electron chi connectivity index (χ4n) is 1.41. The molecule has 0 saturated carbocycles. The van der Waals surface area contributed by atoms with E-state index in [1.165, 1.54) is 0 Å². The molecule has 0 aromatic heterocycles. The van der Waals surface area contributed by atoms with Crippen LogP contribution in [0.4, 0.5) is 0 Å².